The first-order chi connectivity index (χ1) is 9.20. The molecule has 1 N–H and O–H groups in total. The Kier molecular flexibility index (Phi) is 3.71. The molecule has 4 heteroatoms. The molecule has 0 atom stereocenters. The number of nitrogens with one attached hydrogen (secondary N) is 1. The Bertz CT molecular complexity index is 434. The van der Waals surface area contributed by atoms with Crippen molar-refractivity contribution in [2.75, 3.05) is 38.1 Å². The molecule has 1 saturated carbocycles. The summed E-state index contributed by atoms with van der Waals surface area (Å²) in [5.74, 6) is 1.15. The molecule has 0 unspecified atom stereocenters. The molecule has 0 spiro atoms. The van der Waals surface area contributed by atoms with E-state index >= 15 is 0 Å². The van der Waals surface area contributed by atoms with Crippen molar-refractivity contribution in [2.45, 2.75) is 32.4 Å². The summed E-state index contributed by atoms with van der Waals surface area (Å²) < 4.78 is 0. The molecular weight excluding hydrogens is 236 g/mol. The third kappa shape index (κ3) is 3.45. The van der Waals surface area contributed by atoms with E-state index in [-0.39, 0.29) is 0 Å². The molecule has 1 saturated heterocycles. The van der Waals surface area contributed by atoms with Crippen LogP contribution in [0.5, 0.6) is 0 Å². The van der Waals surface area contributed by atoms with Gasteiger partial charge in [-0.15, -0.1) is 0 Å². The van der Waals surface area contributed by atoms with Crippen LogP contribution in [-0.4, -0.2) is 49.2 Å². The minimum atomic E-state index is 0.764. The molecule has 19 heavy (non-hydrogen) atoms. The van der Waals surface area contributed by atoms with Crippen molar-refractivity contribution in [3.63, 3.8) is 0 Å². The SMILES string of the molecule is Cc1cc(CNC2CC2)cc(N2CCN(C)CC2)n1. The van der Waals surface area contributed by atoms with E-state index in [2.05, 4.69) is 41.2 Å². The Morgan fingerprint density at radius 1 is 1.21 bits per heavy atom. The fourth-order valence-electron chi connectivity index (χ4n) is 2.57. The standard InChI is InChI=1S/C15H24N4/c1-12-9-13(11-16-14-3-4-14)10-15(17-12)19-7-5-18(2)6-8-19/h9-10,14,16H,3-8,11H2,1-2H3. The van der Waals surface area contributed by atoms with E-state index in [1.165, 1.54) is 18.4 Å². The molecule has 4 nitrogen and oxygen atoms in total. The van der Waals surface area contributed by atoms with Gasteiger partial charge in [-0.05, 0) is 44.5 Å². The van der Waals surface area contributed by atoms with Crippen LogP contribution >= 0.6 is 0 Å². The summed E-state index contributed by atoms with van der Waals surface area (Å²) in [7, 11) is 2.19. The molecule has 0 radical (unpaired) electrons. The minimum absolute atomic E-state index is 0.764. The van der Waals surface area contributed by atoms with Crippen LogP contribution in [0, 0.1) is 6.92 Å². The highest BCUT2D eigenvalue weighted by Crippen LogP contribution is 2.21. The monoisotopic (exact) mass is 260 g/mol. The molecule has 1 aliphatic carbocycles. The quantitative estimate of drug-likeness (QED) is 0.886. The lowest BCUT2D eigenvalue weighted by molar-refractivity contribution is 0.312. The molecule has 1 aromatic heterocycles. The second kappa shape index (κ2) is 5.47. The van der Waals surface area contributed by atoms with E-state index in [0.717, 1.165) is 50.3 Å². The number of aryl methyl sites for hydroxylation is 1. The molecule has 2 fully saturated rings. The summed E-state index contributed by atoms with van der Waals surface area (Å²) in [6.07, 6.45) is 2.69. The van der Waals surface area contributed by atoms with Gasteiger partial charge in [0.15, 0.2) is 0 Å². The third-order valence-corrected chi connectivity index (χ3v) is 4.00. The zero-order valence-corrected chi connectivity index (χ0v) is 12.0. The first-order valence-corrected chi connectivity index (χ1v) is 7.35. The normalized spacial score (nSPS) is 20.8. The van der Waals surface area contributed by atoms with Crippen LogP contribution in [0.25, 0.3) is 0 Å². The van der Waals surface area contributed by atoms with Crippen molar-refractivity contribution >= 4 is 5.82 Å². The molecule has 1 aromatic rings. The highest BCUT2D eigenvalue weighted by atomic mass is 15.3. The molecule has 1 aliphatic heterocycles. The maximum Gasteiger partial charge on any atom is 0.129 e. The predicted molar refractivity (Wildman–Crippen MR) is 78.5 cm³/mol. The van der Waals surface area contributed by atoms with E-state index in [0.29, 0.717) is 0 Å². The van der Waals surface area contributed by atoms with Crippen molar-refractivity contribution in [3.05, 3.63) is 23.4 Å². The Morgan fingerprint density at radius 3 is 2.63 bits per heavy atom. The average Bonchev–Trinajstić information content (AvgIpc) is 3.20. The van der Waals surface area contributed by atoms with E-state index in [1.54, 1.807) is 0 Å². The topological polar surface area (TPSA) is 31.4 Å². The molecule has 0 aromatic carbocycles. The number of rotatable bonds is 4. The Balaban J connectivity index is 1.69. The Morgan fingerprint density at radius 2 is 1.95 bits per heavy atom. The highest BCUT2D eigenvalue weighted by Gasteiger charge is 2.20. The van der Waals surface area contributed by atoms with Crippen LogP contribution in [-0.2, 0) is 6.54 Å². The van der Waals surface area contributed by atoms with Gasteiger partial charge < -0.3 is 15.1 Å². The Hall–Kier alpha value is -1.13. The molecular formula is C15H24N4. The predicted octanol–water partition coefficient (Wildman–Crippen LogP) is 1.39. The number of nitrogens with zero attached hydrogens (tertiary/aromatic N) is 3. The second-order valence-electron chi connectivity index (χ2n) is 5.92. The van der Waals surface area contributed by atoms with Crippen molar-refractivity contribution < 1.29 is 0 Å². The minimum Gasteiger partial charge on any atom is -0.354 e. The summed E-state index contributed by atoms with van der Waals surface area (Å²) in [6, 6.07) is 5.23. The average molecular weight is 260 g/mol. The van der Waals surface area contributed by atoms with Crippen LogP contribution in [0.15, 0.2) is 12.1 Å². The van der Waals surface area contributed by atoms with E-state index in [9.17, 15) is 0 Å². The number of hydrogen-bond donors (Lipinski definition) is 1. The highest BCUT2D eigenvalue weighted by molar-refractivity contribution is 5.43. The maximum absolute atomic E-state index is 4.70. The lowest BCUT2D eigenvalue weighted by Gasteiger charge is -2.33. The van der Waals surface area contributed by atoms with Crippen molar-refractivity contribution in [2.24, 2.45) is 0 Å². The summed E-state index contributed by atoms with van der Waals surface area (Å²) in [6.45, 7) is 7.51. The van der Waals surface area contributed by atoms with Gasteiger partial charge in [-0.3, -0.25) is 0 Å². The number of hydrogen-bond acceptors (Lipinski definition) is 4. The van der Waals surface area contributed by atoms with Gasteiger partial charge in [0.05, 0.1) is 0 Å². The Labute approximate surface area is 115 Å². The lowest BCUT2D eigenvalue weighted by atomic mass is 10.2. The van der Waals surface area contributed by atoms with Gasteiger partial charge in [0, 0.05) is 44.5 Å². The smallest absolute Gasteiger partial charge is 0.129 e. The van der Waals surface area contributed by atoms with Gasteiger partial charge >= 0.3 is 0 Å². The summed E-state index contributed by atoms with van der Waals surface area (Å²) in [4.78, 5) is 9.49. The zero-order chi connectivity index (χ0) is 13.2. The van der Waals surface area contributed by atoms with Crippen LogP contribution in [0.3, 0.4) is 0 Å². The maximum atomic E-state index is 4.70. The van der Waals surface area contributed by atoms with Crippen LogP contribution < -0.4 is 10.2 Å². The molecule has 3 rings (SSSR count). The van der Waals surface area contributed by atoms with Gasteiger partial charge in [0.2, 0.25) is 0 Å². The first kappa shape index (κ1) is 12.9. The van der Waals surface area contributed by atoms with Gasteiger partial charge in [-0.1, -0.05) is 0 Å². The fourth-order valence-corrected chi connectivity index (χ4v) is 2.57. The summed E-state index contributed by atoms with van der Waals surface area (Å²) >= 11 is 0. The van der Waals surface area contributed by atoms with E-state index in [4.69, 9.17) is 4.98 Å². The summed E-state index contributed by atoms with van der Waals surface area (Å²) in [5.41, 5.74) is 2.50. The molecule has 2 heterocycles. The molecule has 0 bridgehead atoms. The molecule has 0 amide bonds. The van der Waals surface area contributed by atoms with Gasteiger partial charge in [0.1, 0.15) is 5.82 Å². The number of aromatic nitrogens is 1. The largest absolute Gasteiger partial charge is 0.354 e. The van der Waals surface area contributed by atoms with Crippen molar-refractivity contribution in [1.29, 1.82) is 0 Å². The second-order valence-corrected chi connectivity index (χ2v) is 5.92. The number of piperazine rings is 1. The lowest BCUT2D eigenvalue weighted by Crippen LogP contribution is -2.44. The van der Waals surface area contributed by atoms with Gasteiger partial charge in [-0.25, -0.2) is 4.98 Å². The van der Waals surface area contributed by atoms with Crippen LogP contribution in [0.4, 0.5) is 5.82 Å². The van der Waals surface area contributed by atoms with E-state index in [1.807, 2.05) is 0 Å². The van der Waals surface area contributed by atoms with Crippen molar-refractivity contribution in [3.8, 4) is 0 Å². The van der Waals surface area contributed by atoms with Crippen LogP contribution in [0.2, 0.25) is 0 Å². The van der Waals surface area contributed by atoms with E-state index < -0.39 is 0 Å². The van der Waals surface area contributed by atoms with Crippen molar-refractivity contribution in [1.82, 2.24) is 15.2 Å². The van der Waals surface area contributed by atoms with Gasteiger partial charge in [-0.2, -0.15) is 0 Å². The fraction of sp³-hybridized carbons (Fsp3) is 0.667. The molecule has 104 valence electrons. The number of pyridine rings is 1. The zero-order valence-electron chi connectivity index (χ0n) is 12.0. The van der Waals surface area contributed by atoms with Crippen LogP contribution in [0.1, 0.15) is 24.1 Å². The molecule has 2 aliphatic rings. The third-order valence-electron chi connectivity index (χ3n) is 4.00. The number of anilines is 1. The first-order valence-electron chi connectivity index (χ1n) is 7.35. The van der Waals surface area contributed by atoms with Gasteiger partial charge in [0.25, 0.3) is 0 Å². The summed E-state index contributed by atoms with van der Waals surface area (Å²) in [5, 5.41) is 3.58. The number of likely N-dealkylation sites (N-methyl/N-ethyl adjacent to an activating group) is 1.